The summed E-state index contributed by atoms with van der Waals surface area (Å²) in [5.41, 5.74) is 1.22. The van der Waals surface area contributed by atoms with Gasteiger partial charge in [-0.3, -0.25) is 0 Å². The number of sulfonamides is 1. The molecule has 0 aliphatic carbocycles. The highest BCUT2D eigenvalue weighted by atomic mass is 32.2. The van der Waals surface area contributed by atoms with E-state index in [1.807, 2.05) is 25.1 Å². The molecule has 0 heterocycles. The van der Waals surface area contributed by atoms with Gasteiger partial charge in [0.25, 0.3) is 0 Å². The van der Waals surface area contributed by atoms with Crippen molar-refractivity contribution < 1.29 is 17.5 Å². The third kappa shape index (κ3) is 5.13. The minimum absolute atomic E-state index is 0.130. The second-order valence-electron chi connectivity index (χ2n) is 4.91. The van der Waals surface area contributed by atoms with E-state index in [-0.39, 0.29) is 24.5 Å². The van der Waals surface area contributed by atoms with Gasteiger partial charge in [0.15, 0.2) is 0 Å². The molecule has 0 bridgehead atoms. The van der Waals surface area contributed by atoms with Crippen LogP contribution in [0.3, 0.4) is 0 Å². The van der Waals surface area contributed by atoms with E-state index < -0.39 is 15.8 Å². The largest absolute Gasteiger partial charge is 0.492 e. The Labute approximate surface area is 130 Å². The van der Waals surface area contributed by atoms with Crippen molar-refractivity contribution in [2.24, 2.45) is 0 Å². The van der Waals surface area contributed by atoms with Gasteiger partial charge in [0.05, 0.1) is 5.75 Å². The van der Waals surface area contributed by atoms with Crippen molar-refractivity contribution in [2.45, 2.75) is 12.7 Å². The van der Waals surface area contributed by atoms with Crippen LogP contribution in [-0.2, 0) is 15.8 Å². The van der Waals surface area contributed by atoms with Gasteiger partial charge < -0.3 is 4.74 Å². The lowest BCUT2D eigenvalue weighted by Crippen LogP contribution is -2.29. The number of halogens is 1. The molecule has 1 N–H and O–H groups in total. The van der Waals surface area contributed by atoms with Gasteiger partial charge in [-0.25, -0.2) is 17.5 Å². The number of ether oxygens (including phenoxy) is 1. The maximum Gasteiger partial charge on any atom is 0.216 e. The maximum atomic E-state index is 13.5. The molecule has 0 aliphatic heterocycles. The summed E-state index contributed by atoms with van der Waals surface area (Å²) in [6.07, 6.45) is 0. The zero-order valence-electron chi connectivity index (χ0n) is 12.3. The predicted molar refractivity (Wildman–Crippen MR) is 83.7 cm³/mol. The highest BCUT2D eigenvalue weighted by Crippen LogP contribution is 2.12. The fraction of sp³-hybridized carbons (Fsp3) is 0.250. The number of hydrogen-bond acceptors (Lipinski definition) is 3. The maximum absolute atomic E-state index is 13.5. The van der Waals surface area contributed by atoms with Crippen LogP contribution >= 0.6 is 0 Å². The summed E-state index contributed by atoms with van der Waals surface area (Å²) in [6.45, 7) is 2.29. The first-order valence-electron chi connectivity index (χ1n) is 6.86. The lowest BCUT2D eigenvalue weighted by molar-refractivity contribution is 0.322. The van der Waals surface area contributed by atoms with Gasteiger partial charge >= 0.3 is 0 Å². The molecule has 0 saturated carbocycles. The summed E-state index contributed by atoms with van der Waals surface area (Å²) in [7, 11) is -3.59. The van der Waals surface area contributed by atoms with Gasteiger partial charge in [0.2, 0.25) is 10.0 Å². The minimum Gasteiger partial charge on any atom is -0.492 e. The second-order valence-corrected chi connectivity index (χ2v) is 6.72. The molecule has 2 aromatic rings. The second kappa shape index (κ2) is 7.38. The summed E-state index contributed by atoms with van der Waals surface area (Å²) in [5, 5.41) is 0. The van der Waals surface area contributed by atoms with Gasteiger partial charge in [-0.2, -0.15) is 0 Å². The van der Waals surface area contributed by atoms with Crippen LogP contribution in [0.15, 0.2) is 48.5 Å². The monoisotopic (exact) mass is 323 g/mol. The summed E-state index contributed by atoms with van der Waals surface area (Å²) in [4.78, 5) is 0. The lowest BCUT2D eigenvalue weighted by atomic mass is 10.2. The molecular weight excluding hydrogens is 305 g/mol. The minimum atomic E-state index is -3.59. The molecule has 0 spiro atoms. The normalized spacial score (nSPS) is 11.4. The van der Waals surface area contributed by atoms with Crippen molar-refractivity contribution in [2.75, 3.05) is 13.2 Å². The van der Waals surface area contributed by atoms with Crippen molar-refractivity contribution in [3.63, 3.8) is 0 Å². The SMILES string of the molecule is Cc1cccc(OCCNS(=O)(=O)Cc2ccccc2F)c1. The third-order valence-corrected chi connectivity index (χ3v) is 4.32. The van der Waals surface area contributed by atoms with E-state index >= 15 is 0 Å². The third-order valence-electron chi connectivity index (χ3n) is 2.99. The Morgan fingerprint density at radius 3 is 2.64 bits per heavy atom. The molecular formula is C16H18FNO3S. The topological polar surface area (TPSA) is 55.4 Å². The highest BCUT2D eigenvalue weighted by Gasteiger charge is 2.13. The molecule has 0 fully saturated rings. The van der Waals surface area contributed by atoms with Crippen LogP contribution < -0.4 is 9.46 Å². The van der Waals surface area contributed by atoms with Crippen LogP contribution in [0.1, 0.15) is 11.1 Å². The van der Waals surface area contributed by atoms with Crippen LogP contribution in [0, 0.1) is 12.7 Å². The van der Waals surface area contributed by atoms with Crippen molar-refractivity contribution in [1.29, 1.82) is 0 Å². The molecule has 22 heavy (non-hydrogen) atoms. The number of aryl methyl sites for hydroxylation is 1. The average molecular weight is 323 g/mol. The van der Waals surface area contributed by atoms with Crippen molar-refractivity contribution in [3.8, 4) is 5.75 Å². The molecule has 0 radical (unpaired) electrons. The lowest BCUT2D eigenvalue weighted by Gasteiger charge is -2.09. The molecule has 0 unspecified atom stereocenters. The fourth-order valence-electron chi connectivity index (χ4n) is 1.94. The highest BCUT2D eigenvalue weighted by molar-refractivity contribution is 7.88. The molecule has 0 amide bonds. The van der Waals surface area contributed by atoms with E-state index in [0.717, 1.165) is 5.56 Å². The number of nitrogens with one attached hydrogen (secondary N) is 1. The van der Waals surface area contributed by atoms with Crippen molar-refractivity contribution >= 4 is 10.0 Å². The van der Waals surface area contributed by atoms with E-state index in [9.17, 15) is 12.8 Å². The Morgan fingerprint density at radius 1 is 1.14 bits per heavy atom. The summed E-state index contributed by atoms with van der Waals surface area (Å²) < 4.78 is 45.1. The quantitative estimate of drug-likeness (QED) is 0.797. The molecule has 2 aromatic carbocycles. The smallest absolute Gasteiger partial charge is 0.216 e. The van der Waals surface area contributed by atoms with E-state index in [2.05, 4.69) is 4.72 Å². The number of hydrogen-bond donors (Lipinski definition) is 1. The average Bonchev–Trinajstić information content (AvgIpc) is 2.46. The Hall–Kier alpha value is -1.92. The molecule has 0 aromatic heterocycles. The van der Waals surface area contributed by atoms with Crippen LogP contribution in [-0.4, -0.2) is 21.6 Å². The zero-order chi connectivity index (χ0) is 16.0. The van der Waals surface area contributed by atoms with Crippen LogP contribution in [0.25, 0.3) is 0 Å². The molecule has 2 rings (SSSR count). The van der Waals surface area contributed by atoms with E-state index in [1.54, 1.807) is 12.1 Å². The predicted octanol–water partition coefficient (Wildman–Crippen LogP) is 2.63. The van der Waals surface area contributed by atoms with Crippen molar-refractivity contribution in [3.05, 3.63) is 65.5 Å². The van der Waals surface area contributed by atoms with Crippen LogP contribution in [0.4, 0.5) is 4.39 Å². The van der Waals surface area contributed by atoms with E-state index in [4.69, 9.17) is 4.74 Å². The first-order valence-corrected chi connectivity index (χ1v) is 8.52. The Bertz CT molecular complexity index is 732. The summed E-state index contributed by atoms with van der Waals surface area (Å²) in [6, 6.07) is 13.3. The number of benzene rings is 2. The standard InChI is InChI=1S/C16H18FNO3S/c1-13-5-4-7-15(11-13)21-10-9-18-22(19,20)12-14-6-2-3-8-16(14)17/h2-8,11,18H,9-10,12H2,1H3. The summed E-state index contributed by atoms with van der Waals surface area (Å²) >= 11 is 0. The Balaban J connectivity index is 1.82. The van der Waals surface area contributed by atoms with E-state index in [1.165, 1.54) is 18.2 Å². The zero-order valence-corrected chi connectivity index (χ0v) is 13.1. The number of rotatable bonds is 7. The van der Waals surface area contributed by atoms with Crippen LogP contribution in [0.5, 0.6) is 5.75 Å². The van der Waals surface area contributed by atoms with Gasteiger partial charge in [-0.05, 0) is 30.7 Å². The van der Waals surface area contributed by atoms with Gasteiger partial charge in [-0.1, -0.05) is 30.3 Å². The van der Waals surface area contributed by atoms with Gasteiger partial charge in [0, 0.05) is 12.1 Å². The molecule has 6 heteroatoms. The fourth-order valence-corrected chi connectivity index (χ4v) is 3.08. The van der Waals surface area contributed by atoms with Gasteiger partial charge in [-0.15, -0.1) is 0 Å². The molecule has 0 atom stereocenters. The first-order chi connectivity index (χ1) is 10.5. The molecule has 0 aliphatic rings. The summed E-state index contributed by atoms with van der Waals surface area (Å²) in [5.74, 6) is -0.221. The molecule has 0 saturated heterocycles. The molecule has 4 nitrogen and oxygen atoms in total. The van der Waals surface area contributed by atoms with E-state index in [0.29, 0.717) is 5.75 Å². The molecule has 118 valence electrons. The Kier molecular flexibility index (Phi) is 5.51. The van der Waals surface area contributed by atoms with Crippen molar-refractivity contribution in [1.82, 2.24) is 4.72 Å². The van der Waals surface area contributed by atoms with Gasteiger partial charge in [0.1, 0.15) is 18.2 Å². The Morgan fingerprint density at radius 2 is 1.91 bits per heavy atom. The van der Waals surface area contributed by atoms with Crippen LogP contribution in [0.2, 0.25) is 0 Å². The first kappa shape index (κ1) is 16.5.